The molecule has 0 saturated carbocycles. The minimum atomic E-state index is 0.591. The second kappa shape index (κ2) is 8.97. The maximum atomic E-state index is 4.42. The number of benzene rings is 1. The molecule has 0 bridgehead atoms. The van der Waals surface area contributed by atoms with Crippen molar-refractivity contribution in [1.29, 1.82) is 0 Å². The summed E-state index contributed by atoms with van der Waals surface area (Å²) in [7, 11) is 0. The third kappa shape index (κ3) is 6.08. The highest BCUT2D eigenvalue weighted by Crippen LogP contribution is 2.07. The summed E-state index contributed by atoms with van der Waals surface area (Å²) in [4.78, 5) is 4.42. The predicted octanol–water partition coefficient (Wildman–Crippen LogP) is 3.37. The van der Waals surface area contributed by atoms with E-state index in [9.17, 15) is 0 Å². The number of nitrogens with zero attached hydrogens (tertiary/aromatic N) is 3. The van der Waals surface area contributed by atoms with E-state index in [0.29, 0.717) is 11.9 Å². The van der Waals surface area contributed by atoms with E-state index in [1.807, 2.05) is 6.07 Å². The van der Waals surface area contributed by atoms with Crippen LogP contribution in [0.3, 0.4) is 0 Å². The summed E-state index contributed by atoms with van der Waals surface area (Å²) in [6, 6.07) is 10.5. The smallest absolute Gasteiger partial charge is 0.244 e. The SMILES string of the molecule is CC(C)CCNc1nncc(NCCCc2ccccc2)n1. The molecule has 0 fully saturated rings. The lowest BCUT2D eigenvalue weighted by Crippen LogP contribution is -2.11. The molecule has 0 spiro atoms. The Kier molecular flexibility index (Phi) is 6.61. The maximum Gasteiger partial charge on any atom is 0.244 e. The van der Waals surface area contributed by atoms with Crippen LogP contribution in [-0.4, -0.2) is 28.3 Å². The first-order valence-corrected chi connectivity index (χ1v) is 7.95. The third-order valence-corrected chi connectivity index (χ3v) is 3.35. The monoisotopic (exact) mass is 299 g/mol. The second-order valence-corrected chi connectivity index (χ2v) is 5.79. The summed E-state index contributed by atoms with van der Waals surface area (Å²) >= 11 is 0. The van der Waals surface area contributed by atoms with Gasteiger partial charge in [0.05, 0.1) is 6.20 Å². The van der Waals surface area contributed by atoms with Gasteiger partial charge in [-0.05, 0) is 30.7 Å². The molecule has 2 rings (SSSR count). The molecule has 2 N–H and O–H groups in total. The lowest BCUT2D eigenvalue weighted by Gasteiger charge is -2.08. The lowest BCUT2D eigenvalue weighted by molar-refractivity contribution is 0.605. The summed E-state index contributed by atoms with van der Waals surface area (Å²) < 4.78 is 0. The number of hydrogen-bond donors (Lipinski definition) is 2. The van der Waals surface area contributed by atoms with Gasteiger partial charge in [0, 0.05) is 13.1 Å². The molecule has 5 nitrogen and oxygen atoms in total. The quantitative estimate of drug-likeness (QED) is 0.695. The average Bonchev–Trinajstić information content (AvgIpc) is 2.53. The number of aryl methyl sites for hydroxylation is 1. The number of aromatic nitrogens is 3. The van der Waals surface area contributed by atoms with E-state index in [0.717, 1.165) is 38.2 Å². The van der Waals surface area contributed by atoms with E-state index >= 15 is 0 Å². The topological polar surface area (TPSA) is 62.7 Å². The van der Waals surface area contributed by atoms with Crippen LogP contribution in [0.25, 0.3) is 0 Å². The Labute approximate surface area is 132 Å². The molecular formula is C17H25N5. The molecule has 0 aliphatic heterocycles. The maximum absolute atomic E-state index is 4.42. The molecule has 0 radical (unpaired) electrons. The van der Waals surface area contributed by atoms with Crippen molar-refractivity contribution in [3.63, 3.8) is 0 Å². The summed E-state index contributed by atoms with van der Waals surface area (Å²) in [5, 5.41) is 14.5. The van der Waals surface area contributed by atoms with E-state index in [4.69, 9.17) is 0 Å². The van der Waals surface area contributed by atoms with Gasteiger partial charge in [0.2, 0.25) is 5.95 Å². The summed E-state index contributed by atoms with van der Waals surface area (Å²) in [5.74, 6) is 2.03. The molecule has 2 aromatic rings. The fourth-order valence-corrected chi connectivity index (χ4v) is 2.09. The molecule has 0 unspecified atom stereocenters. The number of hydrogen-bond acceptors (Lipinski definition) is 5. The van der Waals surface area contributed by atoms with Gasteiger partial charge in [-0.25, -0.2) is 0 Å². The van der Waals surface area contributed by atoms with Crippen LogP contribution < -0.4 is 10.6 Å². The van der Waals surface area contributed by atoms with E-state index in [1.54, 1.807) is 6.20 Å². The molecule has 118 valence electrons. The van der Waals surface area contributed by atoms with Crippen LogP contribution in [0.1, 0.15) is 32.3 Å². The highest BCUT2D eigenvalue weighted by molar-refractivity contribution is 5.36. The van der Waals surface area contributed by atoms with Gasteiger partial charge >= 0.3 is 0 Å². The highest BCUT2D eigenvalue weighted by Gasteiger charge is 2.01. The van der Waals surface area contributed by atoms with E-state index < -0.39 is 0 Å². The molecule has 0 amide bonds. The standard InChI is InChI=1S/C17H25N5/c1-14(2)10-12-19-17-21-16(13-20-22-17)18-11-6-9-15-7-4-3-5-8-15/h3-5,7-8,13-14H,6,9-12H2,1-2H3,(H2,18,19,21,22). The zero-order valence-electron chi connectivity index (χ0n) is 13.4. The van der Waals surface area contributed by atoms with Crippen molar-refractivity contribution in [3.05, 3.63) is 42.1 Å². The number of anilines is 2. The summed E-state index contributed by atoms with van der Waals surface area (Å²) in [6.07, 6.45) is 4.88. The fourth-order valence-electron chi connectivity index (χ4n) is 2.09. The molecule has 0 saturated heterocycles. The minimum absolute atomic E-state index is 0.591. The van der Waals surface area contributed by atoms with Gasteiger partial charge in [0.15, 0.2) is 0 Å². The molecule has 0 aliphatic rings. The Balaban J connectivity index is 1.71. The molecule has 0 atom stereocenters. The van der Waals surface area contributed by atoms with E-state index in [1.165, 1.54) is 5.56 Å². The molecular weight excluding hydrogens is 274 g/mol. The van der Waals surface area contributed by atoms with Gasteiger partial charge in [-0.1, -0.05) is 44.2 Å². The van der Waals surface area contributed by atoms with Gasteiger partial charge in [-0.15, -0.1) is 5.10 Å². The normalized spacial score (nSPS) is 10.7. The minimum Gasteiger partial charge on any atom is -0.369 e. The molecule has 22 heavy (non-hydrogen) atoms. The Morgan fingerprint density at radius 2 is 1.86 bits per heavy atom. The number of nitrogens with one attached hydrogen (secondary N) is 2. The van der Waals surface area contributed by atoms with Crippen LogP contribution in [0.15, 0.2) is 36.5 Å². The Bertz CT molecular complexity index is 542. The van der Waals surface area contributed by atoms with Crippen molar-refractivity contribution >= 4 is 11.8 Å². The predicted molar refractivity (Wildman–Crippen MR) is 91.0 cm³/mol. The highest BCUT2D eigenvalue weighted by atomic mass is 15.3. The van der Waals surface area contributed by atoms with Gasteiger partial charge < -0.3 is 10.6 Å². The summed E-state index contributed by atoms with van der Waals surface area (Å²) in [6.45, 7) is 6.15. The van der Waals surface area contributed by atoms with Gasteiger partial charge in [-0.2, -0.15) is 10.1 Å². The van der Waals surface area contributed by atoms with Crippen LogP contribution >= 0.6 is 0 Å². The van der Waals surface area contributed by atoms with E-state index in [2.05, 4.69) is 63.9 Å². The number of rotatable bonds is 9. The van der Waals surface area contributed by atoms with Crippen molar-refractivity contribution in [3.8, 4) is 0 Å². The largest absolute Gasteiger partial charge is 0.369 e. The molecule has 5 heteroatoms. The van der Waals surface area contributed by atoms with Crippen molar-refractivity contribution in [2.45, 2.75) is 33.1 Å². The van der Waals surface area contributed by atoms with Crippen LogP contribution in [0.5, 0.6) is 0 Å². The van der Waals surface area contributed by atoms with Crippen LogP contribution in [-0.2, 0) is 6.42 Å². The zero-order chi connectivity index (χ0) is 15.6. The molecule has 0 aliphatic carbocycles. The van der Waals surface area contributed by atoms with Crippen molar-refractivity contribution in [2.24, 2.45) is 5.92 Å². The Hall–Kier alpha value is -2.17. The fraction of sp³-hybridized carbons (Fsp3) is 0.471. The van der Waals surface area contributed by atoms with Gasteiger partial charge in [0.25, 0.3) is 0 Å². The first kappa shape index (κ1) is 16.2. The Morgan fingerprint density at radius 3 is 2.64 bits per heavy atom. The molecule has 1 heterocycles. The molecule has 1 aromatic heterocycles. The van der Waals surface area contributed by atoms with Crippen LogP contribution in [0, 0.1) is 5.92 Å². The van der Waals surface area contributed by atoms with Gasteiger partial charge in [-0.3, -0.25) is 0 Å². The van der Waals surface area contributed by atoms with Crippen LogP contribution in [0.4, 0.5) is 11.8 Å². The van der Waals surface area contributed by atoms with E-state index in [-0.39, 0.29) is 0 Å². The first-order valence-electron chi connectivity index (χ1n) is 7.95. The van der Waals surface area contributed by atoms with Gasteiger partial charge in [0.1, 0.15) is 5.82 Å². The second-order valence-electron chi connectivity index (χ2n) is 5.79. The van der Waals surface area contributed by atoms with Crippen LogP contribution in [0.2, 0.25) is 0 Å². The lowest BCUT2D eigenvalue weighted by atomic mass is 10.1. The average molecular weight is 299 g/mol. The van der Waals surface area contributed by atoms with Crippen molar-refractivity contribution in [1.82, 2.24) is 15.2 Å². The van der Waals surface area contributed by atoms with Crippen molar-refractivity contribution < 1.29 is 0 Å². The first-order chi connectivity index (χ1) is 10.7. The molecule has 1 aromatic carbocycles. The zero-order valence-corrected chi connectivity index (χ0v) is 13.4. The summed E-state index contributed by atoms with van der Waals surface area (Å²) in [5.41, 5.74) is 1.36. The van der Waals surface area contributed by atoms with Crippen molar-refractivity contribution in [2.75, 3.05) is 23.7 Å². The third-order valence-electron chi connectivity index (χ3n) is 3.35. The Morgan fingerprint density at radius 1 is 1.05 bits per heavy atom.